The van der Waals surface area contributed by atoms with Gasteiger partial charge in [-0.2, -0.15) is 0 Å². The summed E-state index contributed by atoms with van der Waals surface area (Å²) in [7, 11) is -4.99. The number of aliphatic hydroxyl groups excluding tert-OH is 1. The normalized spacial score (nSPS) is 21.4. The van der Waals surface area contributed by atoms with E-state index in [2.05, 4.69) is 9.80 Å². The summed E-state index contributed by atoms with van der Waals surface area (Å²) in [5.41, 5.74) is -2.21. The molecular weight excluding hydrogens is 362 g/mol. The number of halogens is 1. The Morgan fingerprint density at radius 2 is 1.96 bits per heavy atom. The first-order valence-corrected chi connectivity index (χ1v) is 9.27. The van der Waals surface area contributed by atoms with E-state index < -0.39 is 26.9 Å². The van der Waals surface area contributed by atoms with E-state index in [0.29, 0.717) is 18.2 Å². The maximum absolute atomic E-state index is 14.0. The quantitative estimate of drug-likeness (QED) is 0.426. The molecule has 2 aliphatic heterocycles. The van der Waals surface area contributed by atoms with Gasteiger partial charge < -0.3 is 14.4 Å². The van der Waals surface area contributed by atoms with Crippen molar-refractivity contribution in [3.63, 3.8) is 0 Å². The molecule has 2 saturated heterocycles. The molecule has 1 aromatic rings. The summed E-state index contributed by atoms with van der Waals surface area (Å²) in [4.78, 5) is 4.55. The minimum atomic E-state index is -4.99. The second-order valence-corrected chi connectivity index (χ2v) is 7.63. The fourth-order valence-corrected chi connectivity index (χ4v) is 3.63. The van der Waals surface area contributed by atoms with Crippen molar-refractivity contribution < 1.29 is 56.8 Å². The SMILES string of the molecule is O=S(=O)([O-])C(O)c1ccc(CN2CC(N3CCOCC3)C2)cc1F.[Na+]. The Morgan fingerprint density at radius 3 is 2.52 bits per heavy atom. The van der Waals surface area contributed by atoms with Gasteiger partial charge in [0.15, 0.2) is 5.44 Å². The molecular formula is C15H20FN2NaO5S. The van der Waals surface area contributed by atoms with Crippen molar-refractivity contribution in [2.24, 2.45) is 0 Å². The van der Waals surface area contributed by atoms with Crippen LogP contribution in [0.3, 0.4) is 0 Å². The molecule has 1 N–H and O–H groups in total. The molecule has 7 nitrogen and oxygen atoms in total. The first-order chi connectivity index (χ1) is 11.3. The number of ether oxygens (including phenoxy) is 1. The second kappa shape index (κ2) is 8.73. The number of likely N-dealkylation sites (tertiary alicyclic amines) is 1. The minimum Gasteiger partial charge on any atom is -0.746 e. The monoisotopic (exact) mass is 382 g/mol. The van der Waals surface area contributed by atoms with Gasteiger partial charge in [-0.1, -0.05) is 12.1 Å². The van der Waals surface area contributed by atoms with Crippen molar-refractivity contribution in [2.45, 2.75) is 18.0 Å². The maximum Gasteiger partial charge on any atom is 1.00 e. The van der Waals surface area contributed by atoms with E-state index in [1.807, 2.05) is 0 Å². The second-order valence-electron chi connectivity index (χ2n) is 6.20. The molecule has 0 aromatic heterocycles. The van der Waals surface area contributed by atoms with Gasteiger partial charge in [-0.15, -0.1) is 0 Å². The Kier molecular flexibility index (Phi) is 7.40. The molecule has 134 valence electrons. The number of rotatable bonds is 5. The molecule has 25 heavy (non-hydrogen) atoms. The van der Waals surface area contributed by atoms with Crippen LogP contribution in [0.15, 0.2) is 18.2 Å². The van der Waals surface area contributed by atoms with Crippen LogP contribution in [0.25, 0.3) is 0 Å². The van der Waals surface area contributed by atoms with E-state index >= 15 is 0 Å². The molecule has 2 aliphatic rings. The average Bonchev–Trinajstić information content (AvgIpc) is 2.50. The molecule has 0 saturated carbocycles. The zero-order valence-electron chi connectivity index (χ0n) is 14.1. The summed E-state index contributed by atoms with van der Waals surface area (Å²) in [5, 5.41) is 9.38. The van der Waals surface area contributed by atoms with E-state index in [0.717, 1.165) is 45.5 Å². The fraction of sp³-hybridized carbons (Fsp3) is 0.600. The van der Waals surface area contributed by atoms with Crippen molar-refractivity contribution in [1.82, 2.24) is 9.80 Å². The van der Waals surface area contributed by atoms with Gasteiger partial charge in [0.25, 0.3) is 0 Å². The first kappa shape index (κ1) is 21.2. The van der Waals surface area contributed by atoms with Crippen LogP contribution in [0.1, 0.15) is 16.6 Å². The maximum atomic E-state index is 14.0. The number of benzene rings is 1. The van der Waals surface area contributed by atoms with Crippen LogP contribution in [0.4, 0.5) is 4.39 Å². The van der Waals surface area contributed by atoms with E-state index in [4.69, 9.17) is 4.74 Å². The van der Waals surface area contributed by atoms with Crippen molar-refractivity contribution >= 4 is 10.1 Å². The van der Waals surface area contributed by atoms with Gasteiger partial charge in [0.05, 0.1) is 13.2 Å². The summed E-state index contributed by atoms with van der Waals surface area (Å²) in [5.74, 6) is -0.885. The molecule has 2 fully saturated rings. The van der Waals surface area contributed by atoms with E-state index in [9.17, 15) is 22.5 Å². The predicted octanol–water partition coefficient (Wildman–Crippen LogP) is -3.12. The molecule has 0 aliphatic carbocycles. The molecule has 2 heterocycles. The number of hydrogen-bond donors (Lipinski definition) is 1. The fourth-order valence-electron chi connectivity index (χ4n) is 3.13. The van der Waals surface area contributed by atoms with Crippen LogP contribution in [-0.2, 0) is 21.4 Å². The topological polar surface area (TPSA) is 93.1 Å². The van der Waals surface area contributed by atoms with Crippen LogP contribution >= 0.6 is 0 Å². The Labute approximate surface area is 168 Å². The van der Waals surface area contributed by atoms with Crippen molar-refractivity contribution in [1.29, 1.82) is 0 Å². The van der Waals surface area contributed by atoms with E-state index in [1.54, 1.807) is 0 Å². The third kappa shape index (κ3) is 5.21. The van der Waals surface area contributed by atoms with Gasteiger partial charge >= 0.3 is 29.6 Å². The summed E-state index contributed by atoms with van der Waals surface area (Å²) in [6, 6.07) is 4.36. The van der Waals surface area contributed by atoms with Crippen LogP contribution in [-0.4, -0.2) is 73.3 Å². The summed E-state index contributed by atoms with van der Waals surface area (Å²) in [6.07, 6.45) is 0. The molecule has 0 radical (unpaired) electrons. The molecule has 1 unspecified atom stereocenters. The van der Waals surface area contributed by atoms with Gasteiger partial charge in [-0.05, 0) is 11.6 Å². The molecule has 0 spiro atoms. The number of hydrogen-bond acceptors (Lipinski definition) is 7. The Bertz CT molecular complexity index is 693. The standard InChI is InChI=1S/C15H21FN2O5S.Na/c16-14-7-11(1-2-13(14)15(19)24(20,21)22)8-17-9-12(10-17)18-3-5-23-6-4-18;/h1-2,7,12,15,19H,3-6,8-10H2,(H,20,21,22);/q;+1/p-1. The van der Waals surface area contributed by atoms with Gasteiger partial charge in [-0.25, -0.2) is 12.8 Å². The summed E-state index contributed by atoms with van der Waals surface area (Å²) < 4.78 is 51.7. The number of morpholine rings is 1. The number of aliphatic hydroxyl groups is 1. The van der Waals surface area contributed by atoms with Crippen LogP contribution < -0.4 is 29.6 Å². The largest absolute Gasteiger partial charge is 1.00 e. The van der Waals surface area contributed by atoms with Crippen LogP contribution in [0.2, 0.25) is 0 Å². The molecule has 0 amide bonds. The molecule has 0 bridgehead atoms. The van der Waals surface area contributed by atoms with Gasteiger partial charge in [0, 0.05) is 44.3 Å². The molecule has 10 heteroatoms. The smallest absolute Gasteiger partial charge is 0.746 e. The predicted molar refractivity (Wildman–Crippen MR) is 82.5 cm³/mol. The first-order valence-electron chi connectivity index (χ1n) is 7.80. The van der Waals surface area contributed by atoms with Crippen LogP contribution in [0, 0.1) is 5.82 Å². The Hall–Kier alpha value is -0.100. The summed E-state index contributed by atoms with van der Waals surface area (Å²) >= 11 is 0. The van der Waals surface area contributed by atoms with Crippen LogP contribution in [0.5, 0.6) is 0 Å². The Morgan fingerprint density at radius 1 is 1.32 bits per heavy atom. The number of nitrogens with zero attached hydrogens (tertiary/aromatic N) is 2. The Balaban J connectivity index is 0.00000225. The minimum absolute atomic E-state index is 0. The van der Waals surface area contributed by atoms with Gasteiger partial charge in [0.2, 0.25) is 0 Å². The van der Waals surface area contributed by atoms with Gasteiger partial charge in [-0.3, -0.25) is 9.80 Å². The van der Waals surface area contributed by atoms with E-state index in [1.165, 1.54) is 12.1 Å². The zero-order valence-corrected chi connectivity index (χ0v) is 16.9. The van der Waals surface area contributed by atoms with E-state index in [-0.39, 0.29) is 29.6 Å². The van der Waals surface area contributed by atoms with Crippen molar-refractivity contribution in [3.05, 3.63) is 35.1 Å². The van der Waals surface area contributed by atoms with Crippen molar-refractivity contribution in [3.8, 4) is 0 Å². The third-order valence-electron chi connectivity index (χ3n) is 4.51. The molecule has 3 rings (SSSR count). The molecule has 1 atom stereocenters. The zero-order chi connectivity index (χ0) is 17.3. The van der Waals surface area contributed by atoms with Gasteiger partial charge in [0.1, 0.15) is 15.9 Å². The van der Waals surface area contributed by atoms with Crippen molar-refractivity contribution in [2.75, 3.05) is 39.4 Å². The molecule has 1 aromatic carbocycles. The third-order valence-corrected chi connectivity index (χ3v) is 5.31. The average molecular weight is 382 g/mol. The summed E-state index contributed by atoms with van der Waals surface area (Å²) in [6.45, 7) is 5.70.